The zero-order chi connectivity index (χ0) is 17.8. The van der Waals surface area contributed by atoms with E-state index in [4.69, 9.17) is 13.6 Å². The van der Waals surface area contributed by atoms with E-state index in [9.17, 15) is 13.9 Å². The van der Waals surface area contributed by atoms with Gasteiger partial charge in [-0.25, -0.2) is 9.36 Å². The molecule has 0 bridgehead atoms. The minimum atomic E-state index is -4.22. The molecule has 0 aliphatic heterocycles. The lowest BCUT2D eigenvalue weighted by atomic mass is 10.2. The molecule has 1 aromatic rings. The predicted molar refractivity (Wildman–Crippen MR) is 93.6 cm³/mol. The Morgan fingerprint density at radius 1 is 1.12 bits per heavy atom. The summed E-state index contributed by atoms with van der Waals surface area (Å²) >= 11 is 0. The summed E-state index contributed by atoms with van der Waals surface area (Å²) in [6, 6.07) is 9.00. The summed E-state index contributed by atoms with van der Waals surface area (Å²) in [4.78, 5) is 12.2. The molecule has 1 aromatic carbocycles. The minimum absolute atomic E-state index is 0.0457. The van der Waals surface area contributed by atoms with Crippen LogP contribution in [-0.4, -0.2) is 18.5 Å². The summed E-state index contributed by atoms with van der Waals surface area (Å²) in [5.41, 5.74) is -0.344. The van der Waals surface area contributed by atoms with E-state index in [1.807, 2.05) is 19.9 Å². The molecule has 0 fully saturated rings. The van der Waals surface area contributed by atoms with Crippen LogP contribution in [0.5, 0.6) is 0 Å². The molecule has 0 aromatic heterocycles. The van der Waals surface area contributed by atoms with Crippen molar-refractivity contribution in [2.75, 3.05) is 12.8 Å². The molecule has 24 heavy (non-hydrogen) atoms. The van der Waals surface area contributed by atoms with Gasteiger partial charge in [0.1, 0.15) is 6.61 Å². The Labute approximate surface area is 144 Å². The summed E-state index contributed by atoms with van der Waals surface area (Å²) in [5.74, 6) is 0. The van der Waals surface area contributed by atoms with Gasteiger partial charge < -0.3 is 4.74 Å². The predicted octanol–water partition coefficient (Wildman–Crippen LogP) is 5.89. The summed E-state index contributed by atoms with van der Waals surface area (Å²) in [6.45, 7) is 3.92. The van der Waals surface area contributed by atoms with E-state index in [-0.39, 0.29) is 19.4 Å². The van der Waals surface area contributed by atoms with E-state index in [1.165, 1.54) is 0 Å². The third-order valence-electron chi connectivity index (χ3n) is 3.08. The van der Waals surface area contributed by atoms with Crippen molar-refractivity contribution in [1.29, 1.82) is 0 Å². The van der Waals surface area contributed by atoms with E-state index in [0.717, 1.165) is 18.4 Å². The van der Waals surface area contributed by atoms with Crippen LogP contribution in [-0.2, 0) is 29.3 Å². The van der Waals surface area contributed by atoms with Gasteiger partial charge in [-0.05, 0) is 27.3 Å². The van der Waals surface area contributed by atoms with Crippen molar-refractivity contribution in [3.05, 3.63) is 35.9 Å². The molecule has 2 atom stereocenters. The number of hydrogen-bond donors (Lipinski definition) is 0. The molecule has 0 aliphatic rings. The van der Waals surface area contributed by atoms with Crippen molar-refractivity contribution >= 4 is 21.3 Å². The van der Waals surface area contributed by atoms with Gasteiger partial charge in [0.25, 0.3) is 0 Å². The zero-order valence-corrected chi connectivity index (χ0v) is 16.0. The van der Waals surface area contributed by atoms with Crippen LogP contribution in [0.25, 0.3) is 0 Å². The topological polar surface area (TPSA) is 78.9 Å². The van der Waals surface area contributed by atoms with E-state index < -0.39 is 21.3 Å². The highest BCUT2D eigenvalue weighted by Crippen LogP contribution is 2.57. The lowest BCUT2D eigenvalue weighted by molar-refractivity contribution is 0.151. The van der Waals surface area contributed by atoms with Gasteiger partial charge in [0.15, 0.2) is 6.16 Å². The van der Waals surface area contributed by atoms with Crippen LogP contribution < -0.4 is 0 Å². The Balaban J connectivity index is 2.69. The Kier molecular flexibility index (Phi) is 10.0. The van der Waals surface area contributed by atoms with Crippen molar-refractivity contribution in [3.8, 4) is 0 Å². The monoisotopic (exact) mass is 375 g/mol. The number of benzene rings is 1. The lowest BCUT2D eigenvalue weighted by Gasteiger charge is -2.12. The molecule has 0 heterocycles. The molecule has 0 aliphatic carbocycles. The minimum Gasteiger partial charge on any atom is -0.452 e. The van der Waals surface area contributed by atoms with Gasteiger partial charge in [0.2, 0.25) is 0 Å². The maximum absolute atomic E-state index is 12.7. The highest BCUT2D eigenvalue weighted by molar-refractivity contribution is 7.75. The first-order valence-corrected chi connectivity index (χ1v) is 11.0. The largest absolute Gasteiger partial charge is 0.517 e. The second kappa shape index (κ2) is 11.5. The van der Waals surface area contributed by atoms with Crippen LogP contribution in [0, 0.1) is 0 Å². The first kappa shape index (κ1) is 21.0. The molecule has 0 radical (unpaired) electrons. The molecule has 0 spiro atoms. The lowest BCUT2D eigenvalue weighted by Crippen LogP contribution is -2.08. The van der Waals surface area contributed by atoms with Gasteiger partial charge in [-0.3, -0.25) is 4.52 Å². The first-order chi connectivity index (χ1) is 11.5. The van der Waals surface area contributed by atoms with Crippen molar-refractivity contribution < 1.29 is 27.5 Å². The van der Waals surface area contributed by atoms with Gasteiger partial charge in [-0.2, -0.15) is 0 Å². The highest BCUT2D eigenvalue weighted by atomic mass is 31.2. The van der Waals surface area contributed by atoms with E-state index in [1.54, 1.807) is 24.3 Å². The van der Waals surface area contributed by atoms with Crippen LogP contribution in [0.15, 0.2) is 30.3 Å². The second-order valence-corrected chi connectivity index (χ2v) is 8.60. The molecular formula is C16H25O6P2+. The molecule has 134 valence electrons. The molecule has 0 saturated carbocycles. The molecule has 6 nitrogen and oxygen atoms in total. The smallest absolute Gasteiger partial charge is 0.452 e. The summed E-state index contributed by atoms with van der Waals surface area (Å²) in [5, 5.41) is 0. The van der Waals surface area contributed by atoms with E-state index in [2.05, 4.69) is 0 Å². The average Bonchev–Trinajstić information content (AvgIpc) is 2.59. The van der Waals surface area contributed by atoms with Gasteiger partial charge >= 0.3 is 21.3 Å². The zero-order valence-electron chi connectivity index (χ0n) is 14.2. The number of unbranched alkanes of at least 4 members (excludes halogenated alkanes) is 2. The number of rotatable bonds is 12. The third-order valence-corrected chi connectivity index (χ3v) is 6.45. The Bertz CT molecular complexity index is 561. The second-order valence-electron chi connectivity index (χ2n) is 5.22. The fourth-order valence-electron chi connectivity index (χ4n) is 1.68. The number of ether oxygens (including phenoxy) is 1. The highest BCUT2D eigenvalue weighted by Gasteiger charge is 2.45. The van der Waals surface area contributed by atoms with Gasteiger partial charge in [-0.15, -0.1) is 0 Å². The van der Waals surface area contributed by atoms with Gasteiger partial charge in [-0.1, -0.05) is 57.0 Å². The SMILES string of the molecule is CCCCOP(=O)(O[P+](=O)CCCC)C(=O)OCc1ccccc1. The van der Waals surface area contributed by atoms with Crippen LogP contribution in [0.2, 0.25) is 0 Å². The molecular weight excluding hydrogens is 350 g/mol. The van der Waals surface area contributed by atoms with Crippen LogP contribution in [0.4, 0.5) is 4.79 Å². The van der Waals surface area contributed by atoms with Crippen molar-refractivity contribution in [3.63, 3.8) is 0 Å². The average molecular weight is 375 g/mol. The molecule has 2 unspecified atom stereocenters. The number of hydrogen-bond acceptors (Lipinski definition) is 6. The molecule has 0 amide bonds. The maximum Gasteiger partial charge on any atom is 0.517 e. The fourth-order valence-corrected chi connectivity index (χ4v) is 4.70. The first-order valence-electron chi connectivity index (χ1n) is 8.12. The van der Waals surface area contributed by atoms with Crippen molar-refractivity contribution in [1.82, 2.24) is 0 Å². The Hall–Kier alpha value is -1.06. The summed E-state index contributed by atoms with van der Waals surface area (Å²) in [6.07, 6.45) is 3.14. The normalized spacial score (nSPS) is 14.0. The van der Waals surface area contributed by atoms with Crippen LogP contribution >= 0.6 is 15.6 Å². The molecule has 8 heteroatoms. The van der Waals surface area contributed by atoms with Crippen LogP contribution in [0.3, 0.4) is 0 Å². The molecule has 0 saturated heterocycles. The van der Waals surface area contributed by atoms with Crippen molar-refractivity contribution in [2.24, 2.45) is 0 Å². The molecule has 1 rings (SSSR count). The summed E-state index contributed by atoms with van der Waals surface area (Å²) in [7, 11) is -6.45. The molecule has 0 N–H and O–H groups in total. The van der Waals surface area contributed by atoms with Crippen LogP contribution in [0.1, 0.15) is 45.1 Å². The summed E-state index contributed by atoms with van der Waals surface area (Å²) < 4.78 is 39.8. The standard InChI is InChI=1S/C16H25O6P2/c1-3-5-12-21-24(19,22-23(18)13-6-4-2)16(17)20-14-15-10-8-7-9-11-15/h7-11H,3-6,12-14H2,1-2H3/q+1. The number of carbonyl (C=O) groups is 1. The Morgan fingerprint density at radius 3 is 2.42 bits per heavy atom. The number of carbonyl (C=O) groups excluding carboxylic acids is 1. The maximum atomic E-state index is 12.7. The fraction of sp³-hybridized carbons (Fsp3) is 0.562. The van der Waals surface area contributed by atoms with Gasteiger partial charge in [0.05, 0.1) is 6.61 Å². The Morgan fingerprint density at radius 2 is 1.79 bits per heavy atom. The third kappa shape index (κ3) is 7.67. The quantitative estimate of drug-likeness (QED) is 0.335. The van der Waals surface area contributed by atoms with Crippen molar-refractivity contribution in [2.45, 2.75) is 46.1 Å². The van der Waals surface area contributed by atoms with E-state index in [0.29, 0.717) is 12.8 Å². The van der Waals surface area contributed by atoms with E-state index >= 15 is 0 Å². The van der Waals surface area contributed by atoms with Gasteiger partial charge in [0, 0.05) is 0 Å².